The molecule has 2 aromatic carbocycles. The van der Waals surface area contributed by atoms with E-state index in [1.54, 1.807) is 18.2 Å². The summed E-state index contributed by atoms with van der Waals surface area (Å²) in [5.41, 5.74) is 2.89. The lowest BCUT2D eigenvalue weighted by Crippen LogP contribution is -2.03. The van der Waals surface area contributed by atoms with E-state index in [-0.39, 0.29) is 18.1 Å². The van der Waals surface area contributed by atoms with Gasteiger partial charge in [-0.05, 0) is 36.2 Å². The number of methoxy groups -OCH3 is 1. The number of phenolic OH excluding ortho intramolecular Hbond substituents is 1. The Balaban J connectivity index is 1.93. The number of fused-ring (bicyclic) bond motifs is 1. The molecule has 6 heteroatoms. The molecule has 3 rings (SSSR count). The summed E-state index contributed by atoms with van der Waals surface area (Å²) in [6, 6.07) is 12.6. The number of esters is 1. The summed E-state index contributed by atoms with van der Waals surface area (Å²) in [5.74, 6) is -0.181. The molecule has 0 amide bonds. The molecule has 0 radical (unpaired) electrons. The summed E-state index contributed by atoms with van der Waals surface area (Å²) in [5, 5.41) is 18.7. The van der Waals surface area contributed by atoms with Crippen molar-refractivity contribution in [2.45, 2.75) is 12.8 Å². The lowest BCUT2D eigenvalue weighted by Gasteiger charge is -2.06. The van der Waals surface area contributed by atoms with Gasteiger partial charge in [0.25, 0.3) is 0 Å². The number of hydrogen-bond acceptors (Lipinski definition) is 5. The van der Waals surface area contributed by atoms with Gasteiger partial charge in [0.15, 0.2) is 0 Å². The summed E-state index contributed by atoms with van der Waals surface area (Å²) in [7, 11) is 1.36. The molecule has 0 aliphatic heterocycles. The van der Waals surface area contributed by atoms with E-state index in [2.05, 4.69) is 14.9 Å². The number of aromatic hydroxyl groups is 1. The number of rotatable bonds is 4. The van der Waals surface area contributed by atoms with Crippen LogP contribution in [0.5, 0.6) is 5.75 Å². The predicted octanol–water partition coefficient (Wildman–Crippen LogP) is 2.23. The maximum absolute atomic E-state index is 11.2. The molecule has 1 aromatic heterocycles. The number of aromatic nitrogens is 3. The van der Waals surface area contributed by atoms with Gasteiger partial charge in [-0.3, -0.25) is 4.79 Å². The van der Waals surface area contributed by atoms with E-state index in [4.69, 9.17) is 0 Å². The third-order valence-electron chi connectivity index (χ3n) is 3.39. The Morgan fingerprint density at radius 1 is 1.18 bits per heavy atom. The topological polar surface area (TPSA) is 77.2 Å². The van der Waals surface area contributed by atoms with E-state index in [1.165, 1.54) is 11.9 Å². The molecule has 1 N–H and O–H groups in total. The number of carbonyl (C=O) groups excluding carboxylic acids is 1. The van der Waals surface area contributed by atoms with Crippen LogP contribution in [0.2, 0.25) is 0 Å². The number of aryl methyl sites for hydroxylation is 1. The van der Waals surface area contributed by atoms with Crippen LogP contribution in [0.3, 0.4) is 0 Å². The minimum atomic E-state index is -0.266. The van der Waals surface area contributed by atoms with Gasteiger partial charge in [-0.1, -0.05) is 18.2 Å². The fourth-order valence-electron chi connectivity index (χ4n) is 2.20. The largest absolute Gasteiger partial charge is 0.506 e. The molecular weight excluding hydrogens is 282 g/mol. The SMILES string of the molecule is COC(=O)CCc1ccc(O)c(-n2nc3ccccc3n2)c1. The molecule has 0 spiro atoms. The molecule has 0 saturated heterocycles. The molecule has 0 atom stereocenters. The van der Waals surface area contributed by atoms with Gasteiger partial charge in [0.05, 0.1) is 7.11 Å². The van der Waals surface area contributed by atoms with Crippen molar-refractivity contribution in [3.8, 4) is 11.4 Å². The molecule has 0 aliphatic carbocycles. The minimum Gasteiger partial charge on any atom is -0.506 e. The van der Waals surface area contributed by atoms with Crippen molar-refractivity contribution < 1.29 is 14.6 Å². The number of nitrogens with zero attached hydrogens (tertiary/aromatic N) is 3. The third-order valence-corrected chi connectivity index (χ3v) is 3.39. The van der Waals surface area contributed by atoms with Gasteiger partial charge in [-0.2, -0.15) is 0 Å². The molecule has 0 fully saturated rings. The Kier molecular flexibility index (Phi) is 3.74. The predicted molar refractivity (Wildman–Crippen MR) is 80.9 cm³/mol. The summed E-state index contributed by atoms with van der Waals surface area (Å²) in [6.07, 6.45) is 0.815. The highest BCUT2D eigenvalue weighted by Gasteiger charge is 2.10. The van der Waals surface area contributed by atoms with Crippen LogP contribution in [0.15, 0.2) is 42.5 Å². The standard InChI is InChI=1S/C16H15N3O3/c1-22-16(21)9-7-11-6-8-15(20)14(10-11)19-17-12-4-2-3-5-13(12)18-19/h2-6,8,10,20H,7,9H2,1H3. The van der Waals surface area contributed by atoms with Gasteiger partial charge in [0.2, 0.25) is 0 Å². The Bertz CT molecular complexity index is 793. The highest BCUT2D eigenvalue weighted by atomic mass is 16.5. The van der Waals surface area contributed by atoms with Gasteiger partial charge in [-0.15, -0.1) is 15.0 Å². The summed E-state index contributed by atoms with van der Waals surface area (Å²) >= 11 is 0. The molecule has 0 bridgehead atoms. The maximum atomic E-state index is 11.2. The summed E-state index contributed by atoms with van der Waals surface area (Å²) in [4.78, 5) is 12.6. The maximum Gasteiger partial charge on any atom is 0.305 e. The number of ether oxygens (including phenoxy) is 1. The first-order valence-electron chi connectivity index (χ1n) is 6.88. The lowest BCUT2D eigenvalue weighted by atomic mass is 10.1. The molecule has 0 saturated carbocycles. The smallest absolute Gasteiger partial charge is 0.305 e. The highest BCUT2D eigenvalue weighted by Crippen LogP contribution is 2.23. The van der Waals surface area contributed by atoms with E-state index >= 15 is 0 Å². The second kappa shape index (κ2) is 5.85. The van der Waals surface area contributed by atoms with Crippen molar-refractivity contribution in [2.24, 2.45) is 0 Å². The quantitative estimate of drug-likeness (QED) is 0.747. The fraction of sp³-hybridized carbons (Fsp3) is 0.188. The van der Waals surface area contributed by atoms with Crippen LogP contribution in [-0.2, 0) is 16.0 Å². The first-order chi connectivity index (χ1) is 10.7. The zero-order chi connectivity index (χ0) is 15.5. The van der Waals surface area contributed by atoms with E-state index < -0.39 is 0 Å². The fourth-order valence-corrected chi connectivity index (χ4v) is 2.20. The van der Waals surface area contributed by atoms with Crippen molar-refractivity contribution >= 4 is 17.0 Å². The van der Waals surface area contributed by atoms with Crippen molar-refractivity contribution in [3.05, 3.63) is 48.0 Å². The van der Waals surface area contributed by atoms with Crippen LogP contribution < -0.4 is 0 Å². The van der Waals surface area contributed by atoms with Gasteiger partial charge in [-0.25, -0.2) is 0 Å². The molecule has 3 aromatic rings. The number of hydrogen-bond donors (Lipinski definition) is 1. The van der Waals surface area contributed by atoms with Crippen LogP contribution in [0.1, 0.15) is 12.0 Å². The van der Waals surface area contributed by atoms with Crippen molar-refractivity contribution in [3.63, 3.8) is 0 Å². The van der Waals surface area contributed by atoms with Crippen LogP contribution in [0, 0.1) is 0 Å². The second-order valence-electron chi connectivity index (χ2n) is 4.88. The second-order valence-corrected chi connectivity index (χ2v) is 4.88. The Morgan fingerprint density at radius 3 is 2.50 bits per heavy atom. The van der Waals surface area contributed by atoms with Gasteiger partial charge in [0, 0.05) is 6.42 Å². The van der Waals surface area contributed by atoms with E-state index in [1.807, 2.05) is 24.3 Å². The zero-order valence-corrected chi connectivity index (χ0v) is 12.1. The normalized spacial score (nSPS) is 10.8. The lowest BCUT2D eigenvalue weighted by molar-refractivity contribution is -0.140. The van der Waals surface area contributed by atoms with Crippen molar-refractivity contribution in [1.29, 1.82) is 0 Å². The first kappa shape index (κ1) is 14.1. The van der Waals surface area contributed by atoms with Crippen LogP contribution in [0.25, 0.3) is 16.7 Å². The molecule has 22 heavy (non-hydrogen) atoms. The van der Waals surface area contributed by atoms with Crippen molar-refractivity contribution in [2.75, 3.05) is 7.11 Å². The molecule has 6 nitrogen and oxygen atoms in total. The minimum absolute atomic E-state index is 0.0853. The molecule has 0 unspecified atom stereocenters. The zero-order valence-electron chi connectivity index (χ0n) is 12.1. The van der Waals surface area contributed by atoms with Crippen molar-refractivity contribution in [1.82, 2.24) is 15.0 Å². The number of phenols is 1. The summed E-state index contributed by atoms with van der Waals surface area (Å²) in [6.45, 7) is 0. The average Bonchev–Trinajstić information content (AvgIpc) is 2.97. The average molecular weight is 297 g/mol. The molecule has 0 aliphatic rings. The number of carbonyl (C=O) groups is 1. The van der Waals surface area contributed by atoms with Crippen LogP contribution in [-0.4, -0.2) is 33.2 Å². The van der Waals surface area contributed by atoms with Crippen LogP contribution in [0.4, 0.5) is 0 Å². The first-order valence-corrected chi connectivity index (χ1v) is 6.88. The Hall–Kier alpha value is -2.89. The molecule has 112 valence electrons. The summed E-state index contributed by atoms with van der Waals surface area (Å²) < 4.78 is 4.63. The van der Waals surface area contributed by atoms with Crippen LogP contribution >= 0.6 is 0 Å². The van der Waals surface area contributed by atoms with E-state index in [0.717, 1.165) is 16.6 Å². The van der Waals surface area contributed by atoms with Gasteiger partial charge < -0.3 is 9.84 Å². The monoisotopic (exact) mass is 297 g/mol. The van der Waals surface area contributed by atoms with E-state index in [0.29, 0.717) is 12.1 Å². The highest BCUT2D eigenvalue weighted by molar-refractivity contribution is 5.73. The third kappa shape index (κ3) is 2.76. The Labute approximate surface area is 126 Å². The van der Waals surface area contributed by atoms with E-state index in [9.17, 15) is 9.90 Å². The molecular formula is C16H15N3O3. The van der Waals surface area contributed by atoms with Gasteiger partial charge >= 0.3 is 5.97 Å². The number of benzene rings is 2. The molecule has 1 heterocycles. The Morgan fingerprint density at radius 2 is 1.86 bits per heavy atom. The van der Waals surface area contributed by atoms with Gasteiger partial charge in [0.1, 0.15) is 22.5 Å².